The molecule has 1 heterocycles. The maximum absolute atomic E-state index is 10.9. The molecule has 0 aromatic rings. The fourth-order valence-electron chi connectivity index (χ4n) is 1.17. The molecular weight excluding hydrogens is 130 g/mol. The summed E-state index contributed by atoms with van der Waals surface area (Å²) in [6.45, 7) is 2.62. The number of carbonyl (C=O) groups is 1. The first kappa shape index (κ1) is 7.54. The van der Waals surface area contributed by atoms with Gasteiger partial charge in [-0.05, 0) is 6.92 Å². The van der Waals surface area contributed by atoms with Crippen LogP contribution in [0.2, 0.25) is 0 Å². The predicted octanol–water partition coefficient (Wildman–Crippen LogP) is 0.601. The summed E-state index contributed by atoms with van der Waals surface area (Å²) in [4.78, 5) is 12.6. The average Bonchev–Trinajstić information content (AvgIpc) is 2.20. The maximum Gasteiger partial charge on any atom is 0.224 e. The third-order valence-electron chi connectivity index (χ3n) is 1.79. The zero-order chi connectivity index (χ0) is 7.56. The molecule has 0 spiro atoms. The van der Waals surface area contributed by atoms with Crippen LogP contribution in [0.1, 0.15) is 19.8 Å². The molecule has 0 aromatic heterocycles. The lowest BCUT2D eigenvalue weighted by Gasteiger charge is -2.18. The lowest BCUT2D eigenvalue weighted by Crippen LogP contribution is -2.30. The molecule has 1 atom stereocenters. The maximum atomic E-state index is 10.9. The van der Waals surface area contributed by atoms with Gasteiger partial charge < -0.3 is 9.64 Å². The summed E-state index contributed by atoms with van der Waals surface area (Å²) >= 11 is 0. The Hall–Kier alpha value is -0.570. The van der Waals surface area contributed by atoms with Crippen LogP contribution >= 0.6 is 0 Å². The van der Waals surface area contributed by atoms with Crippen LogP contribution < -0.4 is 0 Å². The van der Waals surface area contributed by atoms with E-state index in [1.807, 2.05) is 6.92 Å². The smallest absolute Gasteiger partial charge is 0.224 e. The summed E-state index contributed by atoms with van der Waals surface area (Å²) in [5, 5.41) is 0. The number of nitrogens with zero attached hydrogens (tertiary/aromatic N) is 1. The molecule has 0 radical (unpaired) electrons. The van der Waals surface area contributed by atoms with Crippen molar-refractivity contribution >= 4 is 5.91 Å². The molecule has 58 valence electrons. The summed E-state index contributed by atoms with van der Waals surface area (Å²) in [5.74, 6) is 0.193. The normalized spacial score (nSPS) is 26.0. The lowest BCUT2D eigenvalue weighted by atomic mass is 10.3. The van der Waals surface area contributed by atoms with Gasteiger partial charge in [-0.15, -0.1) is 0 Å². The van der Waals surface area contributed by atoms with Crippen LogP contribution in [0.15, 0.2) is 0 Å². The second kappa shape index (κ2) is 3.01. The van der Waals surface area contributed by atoms with Gasteiger partial charge in [-0.3, -0.25) is 4.79 Å². The molecule has 0 saturated carbocycles. The number of rotatable bonds is 2. The van der Waals surface area contributed by atoms with Gasteiger partial charge in [-0.1, -0.05) is 0 Å². The fraction of sp³-hybridized carbons (Fsp3) is 0.857. The SMILES string of the molecule is CCOC1CCC(=O)N1C. The van der Waals surface area contributed by atoms with Crippen molar-refractivity contribution in [1.29, 1.82) is 0 Å². The molecule has 3 heteroatoms. The Morgan fingerprint density at radius 1 is 1.80 bits per heavy atom. The van der Waals surface area contributed by atoms with E-state index in [0.717, 1.165) is 6.42 Å². The third-order valence-corrected chi connectivity index (χ3v) is 1.79. The van der Waals surface area contributed by atoms with Gasteiger partial charge in [0.2, 0.25) is 5.91 Å². The quantitative estimate of drug-likeness (QED) is 0.566. The molecule has 1 fully saturated rings. The van der Waals surface area contributed by atoms with E-state index in [-0.39, 0.29) is 12.1 Å². The van der Waals surface area contributed by atoms with E-state index >= 15 is 0 Å². The molecule has 0 aliphatic carbocycles. The van der Waals surface area contributed by atoms with Crippen molar-refractivity contribution < 1.29 is 9.53 Å². The van der Waals surface area contributed by atoms with E-state index in [9.17, 15) is 4.79 Å². The summed E-state index contributed by atoms with van der Waals surface area (Å²) in [7, 11) is 1.79. The topological polar surface area (TPSA) is 29.5 Å². The van der Waals surface area contributed by atoms with Crippen LogP contribution in [-0.4, -0.2) is 30.7 Å². The van der Waals surface area contributed by atoms with Crippen molar-refractivity contribution in [3.63, 3.8) is 0 Å². The van der Waals surface area contributed by atoms with Crippen molar-refractivity contribution in [3.05, 3.63) is 0 Å². The molecule has 1 saturated heterocycles. The van der Waals surface area contributed by atoms with E-state index in [1.165, 1.54) is 0 Å². The summed E-state index contributed by atoms with van der Waals surface area (Å²) in [5.41, 5.74) is 0. The van der Waals surface area contributed by atoms with Gasteiger partial charge in [-0.2, -0.15) is 0 Å². The number of amides is 1. The van der Waals surface area contributed by atoms with Gasteiger partial charge in [0.05, 0.1) is 0 Å². The van der Waals surface area contributed by atoms with Crippen LogP contribution in [0.25, 0.3) is 0 Å². The van der Waals surface area contributed by atoms with Gasteiger partial charge in [0.15, 0.2) is 0 Å². The second-order valence-corrected chi connectivity index (χ2v) is 2.45. The van der Waals surface area contributed by atoms with Crippen molar-refractivity contribution in [2.75, 3.05) is 13.7 Å². The number of hydrogen-bond acceptors (Lipinski definition) is 2. The summed E-state index contributed by atoms with van der Waals surface area (Å²) in [6.07, 6.45) is 1.53. The minimum Gasteiger partial charge on any atom is -0.359 e. The molecule has 0 aromatic carbocycles. The Bertz CT molecular complexity index is 136. The van der Waals surface area contributed by atoms with Crippen LogP contribution in [0.4, 0.5) is 0 Å². The highest BCUT2D eigenvalue weighted by Crippen LogP contribution is 2.16. The number of carbonyl (C=O) groups excluding carboxylic acids is 1. The second-order valence-electron chi connectivity index (χ2n) is 2.45. The highest BCUT2D eigenvalue weighted by atomic mass is 16.5. The number of ether oxygens (including phenoxy) is 1. The molecule has 0 bridgehead atoms. The van der Waals surface area contributed by atoms with Gasteiger partial charge in [-0.25, -0.2) is 0 Å². The Morgan fingerprint density at radius 2 is 2.50 bits per heavy atom. The van der Waals surface area contributed by atoms with Gasteiger partial charge in [0, 0.05) is 26.5 Å². The predicted molar refractivity (Wildman–Crippen MR) is 37.4 cm³/mol. The zero-order valence-corrected chi connectivity index (χ0v) is 6.46. The Balaban J connectivity index is 2.41. The standard InChI is InChI=1S/C7H13NO2/c1-3-10-7-5-4-6(9)8(7)2/h7H,3-5H2,1-2H3. The van der Waals surface area contributed by atoms with E-state index < -0.39 is 0 Å². The summed E-state index contributed by atoms with van der Waals surface area (Å²) in [6, 6.07) is 0. The molecule has 3 nitrogen and oxygen atoms in total. The van der Waals surface area contributed by atoms with Gasteiger partial charge in [0.1, 0.15) is 6.23 Å². The average molecular weight is 143 g/mol. The van der Waals surface area contributed by atoms with E-state index in [2.05, 4.69) is 0 Å². The Morgan fingerprint density at radius 3 is 2.90 bits per heavy atom. The third kappa shape index (κ3) is 1.29. The largest absolute Gasteiger partial charge is 0.359 e. The molecule has 1 unspecified atom stereocenters. The van der Waals surface area contributed by atoms with Gasteiger partial charge in [0.25, 0.3) is 0 Å². The first-order chi connectivity index (χ1) is 4.75. The van der Waals surface area contributed by atoms with Crippen molar-refractivity contribution in [1.82, 2.24) is 4.90 Å². The Labute approximate surface area is 61.0 Å². The first-order valence-corrected chi connectivity index (χ1v) is 3.63. The minimum absolute atomic E-state index is 0.0394. The van der Waals surface area contributed by atoms with Crippen LogP contribution in [0.3, 0.4) is 0 Å². The van der Waals surface area contributed by atoms with Crippen molar-refractivity contribution in [3.8, 4) is 0 Å². The molecule has 1 aliphatic rings. The molecule has 1 amide bonds. The van der Waals surface area contributed by atoms with E-state index in [4.69, 9.17) is 4.74 Å². The van der Waals surface area contributed by atoms with E-state index in [0.29, 0.717) is 13.0 Å². The van der Waals surface area contributed by atoms with Crippen LogP contribution in [0.5, 0.6) is 0 Å². The first-order valence-electron chi connectivity index (χ1n) is 3.63. The zero-order valence-electron chi connectivity index (χ0n) is 6.46. The number of hydrogen-bond donors (Lipinski definition) is 0. The Kier molecular flexibility index (Phi) is 2.27. The van der Waals surface area contributed by atoms with Crippen molar-refractivity contribution in [2.45, 2.75) is 26.0 Å². The van der Waals surface area contributed by atoms with E-state index in [1.54, 1.807) is 11.9 Å². The minimum atomic E-state index is 0.0394. The fourth-order valence-corrected chi connectivity index (χ4v) is 1.17. The monoisotopic (exact) mass is 143 g/mol. The van der Waals surface area contributed by atoms with Crippen LogP contribution in [-0.2, 0) is 9.53 Å². The molecule has 0 N–H and O–H groups in total. The highest BCUT2D eigenvalue weighted by molar-refractivity contribution is 5.78. The summed E-state index contributed by atoms with van der Waals surface area (Å²) < 4.78 is 5.29. The lowest BCUT2D eigenvalue weighted by molar-refractivity contribution is -0.133. The van der Waals surface area contributed by atoms with Crippen molar-refractivity contribution in [2.24, 2.45) is 0 Å². The van der Waals surface area contributed by atoms with Crippen LogP contribution in [0, 0.1) is 0 Å². The highest BCUT2D eigenvalue weighted by Gasteiger charge is 2.27. The molecule has 1 aliphatic heterocycles. The number of likely N-dealkylation sites (tertiary alicyclic amines) is 1. The molecule has 10 heavy (non-hydrogen) atoms. The van der Waals surface area contributed by atoms with Gasteiger partial charge >= 0.3 is 0 Å². The molecule has 1 rings (SSSR count). The molecular formula is C7H13NO2.